The van der Waals surface area contributed by atoms with Gasteiger partial charge in [-0.15, -0.1) is 0 Å². The average molecular weight is 343 g/mol. The Labute approximate surface area is 129 Å². The van der Waals surface area contributed by atoms with Gasteiger partial charge in [-0.25, -0.2) is 13.6 Å². The van der Waals surface area contributed by atoms with E-state index in [9.17, 15) is 18.0 Å². The zero-order valence-electron chi connectivity index (χ0n) is 11.8. The molecule has 118 valence electrons. The molecule has 0 aliphatic rings. The summed E-state index contributed by atoms with van der Waals surface area (Å²) in [6.45, 7) is 1.14. The molecule has 0 aliphatic carbocycles. The second-order valence-electron chi connectivity index (χ2n) is 4.35. The molecule has 2 aromatic rings. The van der Waals surface area contributed by atoms with Gasteiger partial charge in [0.1, 0.15) is 6.54 Å². The molecule has 10 heteroatoms. The van der Waals surface area contributed by atoms with E-state index in [0.717, 1.165) is 11.3 Å². The van der Waals surface area contributed by atoms with E-state index in [4.69, 9.17) is 5.14 Å². The number of thiazole rings is 1. The molecule has 0 radical (unpaired) electrons. The fourth-order valence-corrected chi connectivity index (χ4v) is 3.52. The van der Waals surface area contributed by atoms with Gasteiger partial charge in [0, 0.05) is 6.92 Å². The van der Waals surface area contributed by atoms with Gasteiger partial charge in [-0.1, -0.05) is 11.3 Å². The van der Waals surface area contributed by atoms with E-state index < -0.39 is 21.9 Å². The van der Waals surface area contributed by atoms with Crippen LogP contribution in [0.5, 0.6) is 0 Å². The lowest BCUT2D eigenvalue weighted by Crippen LogP contribution is -2.22. The Morgan fingerprint density at radius 3 is 2.64 bits per heavy atom. The van der Waals surface area contributed by atoms with Crippen LogP contribution in [0.4, 0.5) is 0 Å². The third-order valence-electron chi connectivity index (χ3n) is 2.75. The van der Waals surface area contributed by atoms with Crippen molar-refractivity contribution >= 4 is 43.5 Å². The Morgan fingerprint density at radius 2 is 2.09 bits per heavy atom. The number of fused-ring (bicyclic) bond motifs is 1. The molecule has 0 saturated carbocycles. The molecule has 0 aliphatic heterocycles. The van der Waals surface area contributed by atoms with E-state index in [0.29, 0.717) is 10.2 Å². The minimum absolute atomic E-state index is 0.0548. The number of methoxy groups -OCH3 is 1. The van der Waals surface area contributed by atoms with Crippen LogP contribution in [-0.2, 0) is 30.9 Å². The van der Waals surface area contributed by atoms with Crippen molar-refractivity contribution in [2.75, 3.05) is 7.11 Å². The zero-order valence-corrected chi connectivity index (χ0v) is 13.4. The number of ether oxygens (including phenoxy) is 1. The molecule has 0 saturated heterocycles. The Bertz CT molecular complexity index is 924. The lowest BCUT2D eigenvalue weighted by molar-refractivity contribution is -0.141. The molecule has 8 nitrogen and oxygen atoms in total. The van der Waals surface area contributed by atoms with Crippen LogP contribution in [0, 0.1) is 0 Å². The van der Waals surface area contributed by atoms with E-state index in [2.05, 4.69) is 9.73 Å². The Hall–Kier alpha value is -2.04. The van der Waals surface area contributed by atoms with Crippen molar-refractivity contribution in [3.63, 3.8) is 0 Å². The fraction of sp³-hybridized carbons (Fsp3) is 0.250. The number of sulfonamides is 1. The number of primary sulfonamides is 1. The summed E-state index contributed by atoms with van der Waals surface area (Å²) in [5, 5.41) is 5.09. The van der Waals surface area contributed by atoms with E-state index >= 15 is 0 Å². The summed E-state index contributed by atoms with van der Waals surface area (Å²) in [5.41, 5.74) is 0.558. The van der Waals surface area contributed by atoms with Crippen LogP contribution < -0.4 is 9.94 Å². The smallest absolute Gasteiger partial charge is 0.325 e. The molecule has 22 heavy (non-hydrogen) atoms. The maximum Gasteiger partial charge on any atom is 0.325 e. The summed E-state index contributed by atoms with van der Waals surface area (Å²) in [5.74, 6) is -0.947. The second kappa shape index (κ2) is 5.99. The van der Waals surface area contributed by atoms with E-state index in [1.165, 1.54) is 36.8 Å². The Morgan fingerprint density at radius 1 is 1.41 bits per heavy atom. The van der Waals surface area contributed by atoms with Crippen LogP contribution in [0.15, 0.2) is 28.1 Å². The van der Waals surface area contributed by atoms with Gasteiger partial charge in [0.15, 0.2) is 4.80 Å². The van der Waals surface area contributed by atoms with Crippen molar-refractivity contribution in [3.05, 3.63) is 23.0 Å². The highest BCUT2D eigenvalue weighted by Gasteiger charge is 2.14. The Balaban J connectivity index is 2.74. The van der Waals surface area contributed by atoms with E-state index in [1.807, 2.05) is 0 Å². The van der Waals surface area contributed by atoms with Crippen LogP contribution in [-0.4, -0.2) is 32.0 Å². The molecule has 0 spiro atoms. The maximum atomic E-state index is 11.5. The number of amides is 1. The quantitative estimate of drug-likeness (QED) is 0.785. The number of nitrogens with zero attached hydrogens (tertiary/aromatic N) is 2. The van der Waals surface area contributed by atoms with E-state index in [1.54, 1.807) is 0 Å². The third kappa shape index (κ3) is 3.40. The van der Waals surface area contributed by atoms with Crippen LogP contribution in [0.1, 0.15) is 6.92 Å². The molecular weight excluding hydrogens is 330 g/mol. The SMILES string of the molecule is COC(=O)Cn1c(=NC(C)=O)sc2cc(S(N)(=O)=O)ccc21. The molecule has 2 N–H and O–H groups in total. The van der Waals surface area contributed by atoms with Crippen molar-refractivity contribution in [2.24, 2.45) is 10.1 Å². The molecule has 0 bridgehead atoms. The van der Waals surface area contributed by atoms with Gasteiger partial charge >= 0.3 is 5.97 Å². The summed E-state index contributed by atoms with van der Waals surface area (Å²) >= 11 is 1.08. The van der Waals surface area contributed by atoms with Gasteiger partial charge < -0.3 is 9.30 Å². The lowest BCUT2D eigenvalue weighted by Gasteiger charge is -2.04. The molecule has 1 aromatic heterocycles. The highest BCUT2D eigenvalue weighted by molar-refractivity contribution is 7.89. The van der Waals surface area contributed by atoms with Crippen molar-refractivity contribution < 1.29 is 22.7 Å². The molecule has 0 fully saturated rings. The summed E-state index contributed by atoms with van der Waals surface area (Å²) in [6.07, 6.45) is 0. The van der Waals surface area contributed by atoms with Crippen LogP contribution >= 0.6 is 11.3 Å². The van der Waals surface area contributed by atoms with Crippen molar-refractivity contribution in [3.8, 4) is 0 Å². The van der Waals surface area contributed by atoms with Crippen molar-refractivity contribution in [2.45, 2.75) is 18.4 Å². The van der Waals surface area contributed by atoms with Crippen LogP contribution in [0.2, 0.25) is 0 Å². The number of carbonyl (C=O) groups is 2. The third-order valence-corrected chi connectivity index (χ3v) is 4.70. The average Bonchev–Trinajstić information content (AvgIpc) is 2.74. The van der Waals surface area contributed by atoms with Gasteiger partial charge in [-0.3, -0.25) is 9.59 Å². The summed E-state index contributed by atoms with van der Waals surface area (Å²) in [7, 11) is -2.59. The van der Waals surface area contributed by atoms with Gasteiger partial charge in [0.05, 0.1) is 22.2 Å². The molecular formula is C12H13N3O5S2. The monoisotopic (exact) mass is 343 g/mol. The summed E-state index contributed by atoms with van der Waals surface area (Å²) < 4.78 is 29.4. The topological polar surface area (TPSA) is 121 Å². The highest BCUT2D eigenvalue weighted by atomic mass is 32.2. The number of hydrogen-bond acceptors (Lipinski definition) is 6. The van der Waals surface area contributed by atoms with Crippen LogP contribution in [0.3, 0.4) is 0 Å². The van der Waals surface area contributed by atoms with Gasteiger partial charge in [0.25, 0.3) is 0 Å². The standard InChI is InChI=1S/C12H13N3O5S2/c1-7(16)14-12-15(6-11(17)20-2)9-4-3-8(22(13,18)19)5-10(9)21-12/h3-5H,6H2,1-2H3,(H2,13,18,19). The second-order valence-corrected chi connectivity index (χ2v) is 6.92. The van der Waals surface area contributed by atoms with Crippen molar-refractivity contribution in [1.29, 1.82) is 0 Å². The normalized spacial score (nSPS) is 12.6. The molecule has 0 atom stereocenters. The van der Waals surface area contributed by atoms with E-state index in [-0.39, 0.29) is 16.2 Å². The number of benzene rings is 1. The minimum Gasteiger partial charge on any atom is -0.468 e. The number of esters is 1. The number of hydrogen-bond donors (Lipinski definition) is 1. The molecule has 1 amide bonds. The predicted octanol–water partition coefficient (Wildman–Crippen LogP) is -0.0296. The number of nitrogens with two attached hydrogens (primary N) is 1. The summed E-state index contributed by atoms with van der Waals surface area (Å²) in [6, 6.07) is 4.21. The lowest BCUT2D eigenvalue weighted by atomic mass is 10.3. The highest BCUT2D eigenvalue weighted by Crippen LogP contribution is 2.21. The first-order valence-electron chi connectivity index (χ1n) is 6.00. The largest absolute Gasteiger partial charge is 0.468 e. The predicted molar refractivity (Wildman–Crippen MR) is 79.4 cm³/mol. The maximum absolute atomic E-state index is 11.5. The van der Waals surface area contributed by atoms with Gasteiger partial charge in [-0.2, -0.15) is 4.99 Å². The molecule has 2 rings (SSSR count). The minimum atomic E-state index is -3.84. The van der Waals surface area contributed by atoms with Gasteiger partial charge in [0.2, 0.25) is 15.9 Å². The zero-order chi connectivity index (χ0) is 16.5. The first-order chi connectivity index (χ1) is 10.2. The molecule has 1 heterocycles. The first-order valence-corrected chi connectivity index (χ1v) is 8.37. The first kappa shape index (κ1) is 16.3. The Kier molecular flexibility index (Phi) is 4.44. The molecule has 0 unspecified atom stereocenters. The number of carbonyl (C=O) groups excluding carboxylic acids is 2. The molecule has 1 aromatic carbocycles. The van der Waals surface area contributed by atoms with Crippen molar-refractivity contribution in [1.82, 2.24) is 4.57 Å². The number of aromatic nitrogens is 1. The number of rotatable bonds is 3. The van der Waals surface area contributed by atoms with Crippen LogP contribution in [0.25, 0.3) is 10.2 Å². The van der Waals surface area contributed by atoms with Gasteiger partial charge in [-0.05, 0) is 18.2 Å². The fourth-order valence-electron chi connectivity index (χ4n) is 1.80. The summed E-state index contributed by atoms with van der Waals surface area (Å²) in [4.78, 5) is 26.8.